The van der Waals surface area contributed by atoms with Crippen molar-refractivity contribution in [3.05, 3.63) is 70.9 Å². The van der Waals surface area contributed by atoms with Gasteiger partial charge in [0.2, 0.25) is 11.6 Å². The molecule has 1 aromatic carbocycles. The molecular formula is C17H12Cl2N6O4. The molecule has 0 atom stereocenters. The van der Waals surface area contributed by atoms with Crippen LogP contribution in [0.3, 0.4) is 0 Å². The van der Waals surface area contributed by atoms with Gasteiger partial charge in [-0.05, 0) is 12.1 Å². The molecule has 0 unspecified atom stereocenters. The lowest BCUT2D eigenvalue weighted by molar-refractivity contribution is 0.455. The molecule has 0 spiro atoms. The summed E-state index contributed by atoms with van der Waals surface area (Å²) in [4.78, 5) is 44.0. The van der Waals surface area contributed by atoms with E-state index in [1.807, 2.05) is 4.98 Å². The zero-order valence-electron chi connectivity index (χ0n) is 16.8. The molecule has 0 fully saturated rings. The second kappa shape index (κ2) is 7.90. The Morgan fingerprint density at radius 1 is 1.24 bits per heavy atom. The van der Waals surface area contributed by atoms with E-state index in [2.05, 4.69) is 15.1 Å². The van der Waals surface area contributed by atoms with Crippen LogP contribution in [-0.4, -0.2) is 24.7 Å². The van der Waals surface area contributed by atoms with Gasteiger partial charge in [-0.1, -0.05) is 37.0 Å². The number of halogens is 2. The summed E-state index contributed by atoms with van der Waals surface area (Å²) in [6, 6.07) is 0.342. The Kier molecular flexibility index (Phi) is 4.81. The summed E-state index contributed by atoms with van der Waals surface area (Å²) >= 11 is 12.4. The van der Waals surface area contributed by atoms with E-state index in [9.17, 15) is 14.4 Å². The van der Waals surface area contributed by atoms with Crippen LogP contribution in [0.15, 0.2) is 32.7 Å². The Balaban J connectivity index is 2.20. The minimum atomic E-state index is -1.10. The standard InChI is InChI=1S/C17H12Cl2N6O4/c1-7(2)13-16(27)21-6-12(22-13)29-14-9(18)3-8(4-10(14)19)25-17(28)23-15(26)11(5-20)24-25/h3-4,6-7H,1-2H3,(H,21,27)(H,23,26,28)/i3D,4D. The Morgan fingerprint density at radius 2 is 1.90 bits per heavy atom. The summed E-state index contributed by atoms with van der Waals surface area (Å²) in [6.07, 6.45) is 1.16. The minimum absolute atomic E-state index is 0.0928. The Hall–Kier alpha value is -3.42. The van der Waals surface area contributed by atoms with Crippen LogP contribution in [0.4, 0.5) is 0 Å². The average Bonchev–Trinajstić information content (AvgIpc) is 2.72. The molecule has 0 amide bonds. The highest BCUT2D eigenvalue weighted by molar-refractivity contribution is 6.37. The fourth-order valence-electron chi connectivity index (χ4n) is 2.22. The van der Waals surface area contributed by atoms with E-state index in [1.165, 1.54) is 6.07 Å². The lowest BCUT2D eigenvalue weighted by Gasteiger charge is -2.12. The van der Waals surface area contributed by atoms with Gasteiger partial charge in [-0.2, -0.15) is 9.94 Å². The molecule has 29 heavy (non-hydrogen) atoms. The molecule has 148 valence electrons. The molecule has 2 N–H and O–H groups in total. The first-order valence-corrected chi connectivity index (χ1v) is 8.72. The van der Waals surface area contributed by atoms with Crippen molar-refractivity contribution in [1.82, 2.24) is 24.7 Å². The number of ether oxygens (including phenoxy) is 1. The number of aromatic amines is 2. The number of nitriles is 1. The normalized spacial score (nSPS) is 11.7. The first kappa shape index (κ1) is 17.7. The van der Waals surface area contributed by atoms with Crippen molar-refractivity contribution < 1.29 is 7.48 Å². The molecule has 0 aliphatic rings. The zero-order chi connectivity index (χ0) is 23.0. The Morgan fingerprint density at radius 3 is 2.48 bits per heavy atom. The van der Waals surface area contributed by atoms with Crippen LogP contribution in [0.2, 0.25) is 10.0 Å². The van der Waals surface area contributed by atoms with E-state index < -0.39 is 50.3 Å². The summed E-state index contributed by atoms with van der Waals surface area (Å²) in [5, 5.41) is 11.7. The van der Waals surface area contributed by atoms with Crippen molar-refractivity contribution in [2.45, 2.75) is 19.8 Å². The highest BCUT2D eigenvalue weighted by Crippen LogP contribution is 2.37. The molecular weight excluding hydrogens is 423 g/mol. The van der Waals surface area contributed by atoms with Crippen molar-refractivity contribution in [1.29, 1.82) is 5.26 Å². The third-order valence-electron chi connectivity index (χ3n) is 3.54. The molecule has 3 rings (SSSR count). The molecule has 12 heteroatoms. The van der Waals surface area contributed by atoms with Gasteiger partial charge in [0.1, 0.15) is 11.8 Å². The van der Waals surface area contributed by atoms with E-state index in [0.717, 1.165) is 6.20 Å². The number of aromatic nitrogens is 5. The van der Waals surface area contributed by atoms with E-state index in [4.69, 9.17) is 35.9 Å². The van der Waals surface area contributed by atoms with Crippen LogP contribution in [0.1, 0.15) is 33.9 Å². The number of nitrogens with one attached hydrogen (secondary N) is 2. The predicted octanol–water partition coefficient (Wildman–Crippen LogP) is 2.10. The molecule has 3 aromatic rings. The van der Waals surface area contributed by atoms with Gasteiger partial charge in [0.25, 0.3) is 11.1 Å². The predicted molar refractivity (Wildman–Crippen MR) is 104 cm³/mol. The van der Waals surface area contributed by atoms with Gasteiger partial charge >= 0.3 is 5.69 Å². The van der Waals surface area contributed by atoms with Crippen LogP contribution in [0, 0.1) is 11.3 Å². The van der Waals surface area contributed by atoms with Crippen molar-refractivity contribution in [2.75, 3.05) is 0 Å². The third-order valence-corrected chi connectivity index (χ3v) is 4.08. The first-order chi connectivity index (χ1) is 14.6. The maximum atomic E-state index is 12.2. The van der Waals surface area contributed by atoms with Gasteiger partial charge in [0.15, 0.2) is 5.75 Å². The Labute approximate surface area is 175 Å². The van der Waals surface area contributed by atoms with Crippen LogP contribution in [0.5, 0.6) is 11.6 Å². The first-order valence-electron chi connectivity index (χ1n) is 8.96. The van der Waals surface area contributed by atoms with Gasteiger partial charge in [0, 0.05) is 5.92 Å². The molecule has 0 radical (unpaired) electrons. The van der Waals surface area contributed by atoms with Crippen LogP contribution in [0.25, 0.3) is 5.69 Å². The lowest BCUT2D eigenvalue weighted by atomic mass is 10.1. The summed E-state index contributed by atoms with van der Waals surface area (Å²) < 4.78 is 22.5. The van der Waals surface area contributed by atoms with Gasteiger partial charge in [-0.15, -0.1) is 5.10 Å². The monoisotopic (exact) mass is 436 g/mol. The summed E-state index contributed by atoms with van der Waals surface area (Å²) in [5.74, 6) is -0.620. The second-order valence-electron chi connectivity index (χ2n) is 5.90. The molecule has 0 saturated heterocycles. The van der Waals surface area contributed by atoms with Gasteiger partial charge in [0.05, 0.1) is 24.7 Å². The second-order valence-corrected chi connectivity index (χ2v) is 6.65. The van der Waals surface area contributed by atoms with E-state index in [0.29, 0.717) is 4.68 Å². The van der Waals surface area contributed by atoms with E-state index in [-0.39, 0.29) is 23.2 Å². The van der Waals surface area contributed by atoms with Gasteiger partial charge in [-0.3, -0.25) is 14.6 Å². The van der Waals surface area contributed by atoms with Crippen LogP contribution in [-0.2, 0) is 0 Å². The molecule has 10 nitrogen and oxygen atoms in total. The molecule has 2 aromatic heterocycles. The van der Waals surface area contributed by atoms with Crippen molar-refractivity contribution in [3.63, 3.8) is 0 Å². The highest BCUT2D eigenvalue weighted by atomic mass is 35.5. The SMILES string of the molecule is [2H]c1c(Cl)c(Oc2c[nH]c(=O)c(C(C)C)n2)c(Cl)c([2H])c1-n1nc(C#N)c(=O)[nH]c1=O. The Bertz CT molecular complexity index is 1400. The maximum absolute atomic E-state index is 12.2. The zero-order valence-corrected chi connectivity index (χ0v) is 16.3. The molecule has 0 aliphatic heterocycles. The molecule has 0 bridgehead atoms. The molecule has 0 saturated carbocycles. The van der Waals surface area contributed by atoms with Crippen molar-refractivity contribution in [2.24, 2.45) is 0 Å². The number of benzene rings is 1. The van der Waals surface area contributed by atoms with E-state index >= 15 is 0 Å². The summed E-state index contributed by atoms with van der Waals surface area (Å²) in [5.41, 5.74) is -3.48. The molecule has 2 heterocycles. The molecule has 0 aliphatic carbocycles. The van der Waals surface area contributed by atoms with Crippen LogP contribution < -0.4 is 21.5 Å². The highest BCUT2D eigenvalue weighted by Gasteiger charge is 2.16. The lowest BCUT2D eigenvalue weighted by Crippen LogP contribution is -2.33. The maximum Gasteiger partial charge on any atom is 0.349 e. The van der Waals surface area contributed by atoms with Gasteiger partial charge < -0.3 is 9.72 Å². The smallest absolute Gasteiger partial charge is 0.349 e. The summed E-state index contributed by atoms with van der Waals surface area (Å²) in [7, 11) is 0. The van der Waals surface area contributed by atoms with Crippen molar-refractivity contribution in [3.8, 4) is 23.4 Å². The van der Waals surface area contributed by atoms with Gasteiger partial charge in [-0.25, -0.2) is 9.78 Å². The summed E-state index contributed by atoms with van der Waals surface area (Å²) in [6.45, 7) is 3.51. The average molecular weight is 437 g/mol. The fourth-order valence-corrected chi connectivity index (χ4v) is 2.71. The third kappa shape index (κ3) is 4.06. The number of rotatable bonds is 4. The number of hydrogen-bond acceptors (Lipinski definition) is 7. The van der Waals surface area contributed by atoms with E-state index in [1.54, 1.807) is 13.8 Å². The number of nitrogens with zero attached hydrogens (tertiary/aromatic N) is 4. The largest absolute Gasteiger partial charge is 0.434 e. The minimum Gasteiger partial charge on any atom is -0.434 e. The van der Waals surface area contributed by atoms with Crippen molar-refractivity contribution >= 4 is 23.2 Å². The quantitative estimate of drug-likeness (QED) is 0.635. The van der Waals surface area contributed by atoms with Crippen LogP contribution >= 0.6 is 23.2 Å². The topological polar surface area (TPSA) is 147 Å². The fraction of sp³-hybridized carbons (Fsp3) is 0.176. The number of hydrogen-bond donors (Lipinski definition) is 2. The number of H-pyrrole nitrogens is 2.